The molecule has 1 fully saturated rings. The Morgan fingerprint density at radius 1 is 1.55 bits per heavy atom. The second kappa shape index (κ2) is 7.43. The highest BCUT2D eigenvalue weighted by molar-refractivity contribution is 5.83. The molecule has 0 radical (unpaired) electrons. The molecular formula is C15H26N4O. The second-order valence-corrected chi connectivity index (χ2v) is 5.69. The van der Waals surface area contributed by atoms with Crippen LogP contribution in [0.3, 0.4) is 0 Å². The average molecular weight is 278 g/mol. The van der Waals surface area contributed by atoms with Gasteiger partial charge in [0.2, 0.25) is 5.91 Å². The Bertz CT molecular complexity index is 391. The second-order valence-electron chi connectivity index (χ2n) is 5.69. The smallest absolute Gasteiger partial charge is 0.227 e. The summed E-state index contributed by atoms with van der Waals surface area (Å²) in [5.41, 5.74) is -0.182. The van der Waals surface area contributed by atoms with Crippen LogP contribution in [0.15, 0.2) is 18.5 Å². The summed E-state index contributed by atoms with van der Waals surface area (Å²) in [6, 6.07) is 1.92. The Kier molecular flexibility index (Phi) is 5.59. The van der Waals surface area contributed by atoms with Crippen molar-refractivity contribution in [3.8, 4) is 0 Å². The molecule has 0 aromatic carbocycles. The molecule has 1 unspecified atom stereocenters. The molecule has 2 heterocycles. The summed E-state index contributed by atoms with van der Waals surface area (Å²) in [4.78, 5) is 12.5. The van der Waals surface area contributed by atoms with Crippen molar-refractivity contribution in [2.45, 2.75) is 45.6 Å². The third-order valence-corrected chi connectivity index (χ3v) is 4.09. The fourth-order valence-electron chi connectivity index (χ4n) is 3.03. The number of rotatable bonds is 7. The van der Waals surface area contributed by atoms with Crippen LogP contribution in [-0.2, 0) is 11.3 Å². The molecule has 1 aromatic heterocycles. The van der Waals surface area contributed by atoms with Gasteiger partial charge in [-0.3, -0.25) is 9.48 Å². The molecule has 1 atom stereocenters. The highest BCUT2D eigenvalue weighted by atomic mass is 16.2. The minimum Gasteiger partial charge on any atom is -0.356 e. The van der Waals surface area contributed by atoms with Gasteiger partial charge in [-0.2, -0.15) is 5.10 Å². The molecule has 5 nitrogen and oxygen atoms in total. The lowest BCUT2D eigenvalue weighted by molar-refractivity contribution is -0.132. The van der Waals surface area contributed by atoms with Gasteiger partial charge in [-0.25, -0.2) is 0 Å². The molecular weight excluding hydrogens is 252 g/mol. The zero-order valence-corrected chi connectivity index (χ0v) is 12.4. The molecule has 1 amide bonds. The highest BCUT2D eigenvalue weighted by Crippen LogP contribution is 2.31. The Morgan fingerprint density at radius 3 is 3.10 bits per heavy atom. The van der Waals surface area contributed by atoms with E-state index in [2.05, 4.69) is 22.7 Å². The maximum absolute atomic E-state index is 12.5. The predicted octanol–water partition coefficient (Wildman–Crippen LogP) is 1.56. The monoisotopic (exact) mass is 278 g/mol. The number of nitrogens with zero attached hydrogens (tertiary/aromatic N) is 2. The van der Waals surface area contributed by atoms with Gasteiger partial charge in [-0.05, 0) is 38.3 Å². The van der Waals surface area contributed by atoms with Crippen molar-refractivity contribution in [3.05, 3.63) is 18.5 Å². The van der Waals surface area contributed by atoms with Crippen molar-refractivity contribution in [3.63, 3.8) is 0 Å². The van der Waals surface area contributed by atoms with Gasteiger partial charge in [0.15, 0.2) is 0 Å². The third-order valence-electron chi connectivity index (χ3n) is 4.09. The number of aryl methyl sites for hydroxylation is 1. The lowest BCUT2D eigenvalue weighted by Crippen LogP contribution is -2.50. The first-order chi connectivity index (χ1) is 9.77. The average Bonchev–Trinajstić information content (AvgIpc) is 2.98. The number of aromatic nitrogens is 2. The minimum absolute atomic E-state index is 0.182. The number of nitrogens with one attached hydrogen (secondary N) is 2. The third kappa shape index (κ3) is 3.82. The van der Waals surface area contributed by atoms with Crippen LogP contribution in [0.1, 0.15) is 39.0 Å². The Labute approximate surface area is 121 Å². The Morgan fingerprint density at radius 2 is 2.45 bits per heavy atom. The maximum atomic E-state index is 12.5. The summed E-state index contributed by atoms with van der Waals surface area (Å²) >= 11 is 0. The van der Waals surface area contributed by atoms with Crippen LogP contribution < -0.4 is 10.6 Å². The van der Waals surface area contributed by atoms with Gasteiger partial charge in [-0.1, -0.05) is 13.3 Å². The number of hydrogen-bond acceptors (Lipinski definition) is 3. The van der Waals surface area contributed by atoms with Crippen LogP contribution in [0.4, 0.5) is 0 Å². The summed E-state index contributed by atoms with van der Waals surface area (Å²) in [7, 11) is 0. The molecule has 112 valence electrons. The summed E-state index contributed by atoms with van der Waals surface area (Å²) in [5.74, 6) is 0.229. The van der Waals surface area contributed by atoms with Crippen molar-refractivity contribution in [1.29, 1.82) is 0 Å². The van der Waals surface area contributed by atoms with Crippen LogP contribution in [0, 0.1) is 5.41 Å². The zero-order valence-electron chi connectivity index (χ0n) is 12.4. The van der Waals surface area contributed by atoms with Crippen LogP contribution >= 0.6 is 0 Å². The van der Waals surface area contributed by atoms with E-state index >= 15 is 0 Å². The van der Waals surface area contributed by atoms with Crippen molar-refractivity contribution >= 4 is 5.91 Å². The first-order valence-electron chi connectivity index (χ1n) is 7.73. The molecule has 0 aliphatic carbocycles. The number of carbonyl (C=O) groups is 1. The molecule has 5 heteroatoms. The molecule has 0 spiro atoms. The maximum Gasteiger partial charge on any atom is 0.227 e. The number of piperidine rings is 1. The molecule has 2 N–H and O–H groups in total. The summed E-state index contributed by atoms with van der Waals surface area (Å²) < 4.78 is 1.90. The number of hydrogen-bond donors (Lipinski definition) is 2. The fourth-order valence-corrected chi connectivity index (χ4v) is 3.03. The van der Waals surface area contributed by atoms with E-state index in [1.165, 1.54) is 0 Å². The van der Waals surface area contributed by atoms with E-state index in [1.807, 2.05) is 16.9 Å². The van der Waals surface area contributed by atoms with E-state index in [1.54, 1.807) is 6.20 Å². The largest absolute Gasteiger partial charge is 0.356 e. The van der Waals surface area contributed by atoms with Crippen LogP contribution in [0.5, 0.6) is 0 Å². The van der Waals surface area contributed by atoms with Gasteiger partial charge in [0.05, 0.1) is 5.41 Å². The summed E-state index contributed by atoms with van der Waals surface area (Å²) in [5, 5.41) is 10.7. The zero-order chi connectivity index (χ0) is 14.3. The van der Waals surface area contributed by atoms with Crippen molar-refractivity contribution in [2.24, 2.45) is 5.41 Å². The van der Waals surface area contributed by atoms with Gasteiger partial charge >= 0.3 is 0 Å². The van der Waals surface area contributed by atoms with Gasteiger partial charge in [0.1, 0.15) is 0 Å². The quantitative estimate of drug-likeness (QED) is 0.744. The van der Waals surface area contributed by atoms with E-state index in [0.29, 0.717) is 0 Å². The van der Waals surface area contributed by atoms with Crippen molar-refractivity contribution < 1.29 is 4.79 Å². The van der Waals surface area contributed by atoms with Gasteiger partial charge < -0.3 is 10.6 Å². The van der Waals surface area contributed by atoms with Crippen molar-refractivity contribution in [1.82, 2.24) is 20.4 Å². The van der Waals surface area contributed by atoms with Crippen LogP contribution in [0.25, 0.3) is 0 Å². The van der Waals surface area contributed by atoms with Crippen LogP contribution in [0.2, 0.25) is 0 Å². The molecule has 1 saturated heterocycles. The minimum atomic E-state index is -0.182. The first-order valence-corrected chi connectivity index (χ1v) is 7.73. The summed E-state index contributed by atoms with van der Waals surface area (Å²) in [6.07, 6.45) is 8.80. The van der Waals surface area contributed by atoms with Gasteiger partial charge in [-0.15, -0.1) is 0 Å². The standard InChI is InChI=1S/C15H26N4O/c1-2-6-15(7-3-8-16-13-15)14(20)17-9-4-11-19-12-5-10-18-19/h5,10,12,16H,2-4,6-9,11,13H2,1H3,(H,17,20). The number of amides is 1. The van der Waals surface area contributed by atoms with Crippen LogP contribution in [-0.4, -0.2) is 35.3 Å². The van der Waals surface area contributed by atoms with E-state index in [-0.39, 0.29) is 11.3 Å². The normalized spacial score (nSPS) is 22.6. The molecule has 1 aliphatic rings. The van der Waals surface area contributed by atoms with E-state index in [4.69, 9.17) is 0 Å². The lowest BCUT2D eigenvalue weighted by Gasteiger charge is -2.36. The lowest BCUT2D eigenvalue weighted by atomic mass is 9.76. The van der Waals surface area contributed by atoms with Crippen molar-refractivity contribution in [2.75, 3.05) is 19.6 Å². The highest BCUT2D eigenvalue weighted by Gasteiger charge is 2.38. The van der Waals surface area contributed by atoms with E-state index < -0.39 is 0 Å². The topological polar surface area (TPSA) is 59.0 Å². The summed E-state index contributed by atoms with van der Waals surface area (Å²) in [6.45, 7) is 5.60. The Balaban J connectivity index is 1.76. The number of carbonyl (C=O) groups excluding carboxylic acids is 1. The SMILES string of the molecule is CCCC1(C(=O)NCCCn2cccn2)CCCNC1. The van der Waals surface area contributed by atoms with E-state index in [9.17, 15) is 4.79 Å². The fraction of sp³-hybridized carbons (Fsp3) is 0.733. The molecule has 1 aromatic rings. The predicted molar refractivity (Wildman–Crippen MR) is 79.3 cm³/mol. The molecule has 0 saturated carbocycles. The first kappa shape index (κ1) is 15.0. The van der Waals surface area contributed by atoms with E-state index in [0.717, 1.165) is 58.3 Å². The molecule has 2 rings (SSSR count). The van der Waals surface area contributed by atoms with Gasteiger partial charge in [0.25, 0.3) is 0 Å². The molecule has 20 heavy (non-hydrogen) atoms. The molecule has 0 bridgehead atoms. The molecule has 1 aliphatic heterocycles. The van der Waals surface area contributed by atoms with Gasteiger partial charge in [0, 0.05) is 32.0 Å². The Hall–Kier alpha value is -1.36.